The zero-order valence-electron chi connectivity index (χ0n) is 11.1. The Hall–Kier alpha value is -1.44. The van der Waals surface area contributed by atoms with E-state index >= 15 is 0 Å². The lowest BCUT2D eigenvalue weighted by atomic mass is 9.93. The number of halogens is 1. The van der Waals surface area contributed by atoms with Gasteiger partial charge in [0.15, 0.2) is 0 Å². The van der Waals surface area contributed by atoms with Gasteiger partial charge in [-0.05, 0) is 50.9 Å². The first-order valence-corrected chi connectivity index (χ1v) is 6.84. The van der Waals surface area contributed by atoms with Crippen LogP contribution in [0.1, 0.15) is 30.4 Å². The number of benzene rings is 1. The second-order valence-electron chi connectivity index (χ2n) is 5.19. The second kappa shape index (κ2) is 6.65. The first kappa shape index (κ1) is 14.0. The summed E-state index contributed by atoms with van der Waals surface area (Å²) in [5, 5.41) is 8.83. The molecule has 1 heterocycles. The minimum atomic E-state index is -0.367. The van der Waals surface area contributed by atoms with Crippen LogP contribution in [0, 0.1) is 23.1 Å². The van der Waals surface area contributed by atoms with E-state index in [1.807, 2.05) is 6.07 Å². The molecule has 0 bridgehead atoms. The Bertz CT molecular complexity index is 459. The van der Waals surface area contributed by atoms with Crippen LogP contribution in [0.2, 0.25) is 0 Å². The van der Waals surface area contributed by atoms with Crippen molar-refractivity contribution in [1.29, 1.82) is 5.26 Å². The Morgan fingerprint density at radius 2 is 2.11 bits per heavy atom. The summed E-state index contributed by atoms with van der Waals surface area (Å²) in [4.78, 5) is 2.26. The third-order valence-corrected chi connectivity index (χ3v) is 3.88. The van der Waals surface area contributed by atoms with Gasteiger partial charge in [-0.2, -0.15) is 5.26 Å². The van der Waals surface area contributed by atoms with Crippen LogP contribution in [0.15, 0.2) is 18.2 Å². The van der Waals surface area contributed by atoms with E-state index in [1.54, 1.807) is 12.1 Å². The molecule has 0 spiro atoms. The van der Waals surface area contributed by atoms with Crippen molar-refractivity contribution < 1.29 is 4.39 Å². The van der Waals surface area contributed by atoms with Crippen molar-refractivity contribution in [2.45, 2.75) is 25.8 Å². The summed E-state index contributed by atoms with van der Waals surface area (Å²) in [6.07, 6.45) is 3.36. The lowest BCUT2D eigenvalue weighted by Gasteiger charge is -2.31. The fraction of sp³-hybridized carbons (Fsp3) is 0.533. The van der Waals surface area contributed by atoms with Gasteiger partial charge >= 0.3 is 0 Å². The number of rotatable bonds is 4. The second-order valence-corrected chi connectivity index (χ2v) is 5.19. The minimum absolute atomic E-state index is 0.135. The Morgan fingerprint density at radius 1 is 1.37 bits per heavy atom. The zero-order valence-corrected chi connectivity index (χ0v) is 11.1. The molecule has 0 aliphatic carbocycles. The summed E-state index contributed by atoms with van der Waals surface area (Å²) in [7, 11) is 0. The van der Waals surface area contributed by atoms with Crippen LogP contribution >= 0.6 is 0 Å². The van der Waals surface area contributed by atoms with E-state index in [0.29, 0.717) is 12.1 Å². The third kappa shape index (κ3) is 3.52. The van der Waals surface area contributed by atoms with Gasteiger partial charge in [-0.3, -0.25) is 4.90 Å². The molecular weight excluding hydrogens is 241 g/mol. The highest BCUT2D eigenvalue weighted by Gasteiger charge is 2.19. The average molecular weight is 261 g/mol. The molecule has 0 atom stereocenters. The summed E-state index contributed by atoms with van der Waals surface area (Å²) in [5.74, 6) is 0.352. The Labute approximate surface area is 113 Å². The molecule has 1 fully saturated rings. The molecule has 0 saturated carbocycles. The van der Waals surface area contributed by atoms with Crippen LogP contribution in [0.5, 0.6) is 0 Å². The molecule has 1 aliphatic heterocycles. The van der Waals surface area contributed by atoms with E-state index < -0.39 is 0 Å². The molecule has 2 rings (SSSR count). The zero-order chi connectivity index (χ0) is 13.7. The van der Waals surface area contributed by atoms with E-state index in [0.717, 1.165) is 44.8 Å². The van der Waals surface area contributed by atoms with Crippen LogP contribution in [0.4, 0.5) is 4.39 Å². The molecule has 102 valence electrons. The fourth-order valence-electron chi connectivity index (χ4n) is 2.70. The Kier molecular flexibility index (Phi) is 4.89. The summed E-state index contributed by atoms with van der Waals surface area (Å²) in [6.45, 7) is 3.32. The summed E-state index contributed by atoms with van der Waals surface area (Å²) < 4.78 is 14.0. The fourth-order valence-corrected chi connectivity index (χ4v) is 2.70. The first-order chi connectivity index (χ1) is 9.24. The van der Waals surface area contributed by atoms with Gasteiger partial charge < -0.3 is 5.73 Å². The van der Waals surface area contributed by atoms with Gasteiger partial charge in [-0.25, -0.2) is 4.39 Å². The maximum atomic E-state index is 14.0. The van der Waals surface area contributed by atoms with Crippen molar-refractivity contribution >= 4 is 0 Å². The summed E-state index contributed by atoms with van der Waals surface area (Å²) >= 11 is 0. The average Bonchev–Trinajstić information content (AvgIpc) is 2.43. The summed E-state index contributed by atoms with van der Waals surface area (Å²) in [6, 6.07) is 6.92. The van der Waals surface area contributed by atoms with E-state index in [9.17, 15) is 4.39 Å². The molecule has 0 radical (unpaired) electrons. The van der Waals surface area contributed by atoms with Gasteiger partial charge in [0.1, 0.15) is 11.9 Å². The van der Waals surface area contributed by atoms with Crippen molar-refractivity contribution in [3.05, 3.63) is 35.1 Å². The van der Waals surface area contributed by atoms with E-state index in [-0.39, 0.29) is 11.4 Å². The highest BCUT2D eigenvalue weighted by atomic mass is 19.1. The van der Waals surface area contributed by atoms with E-state index in [4.69, 9.17) is 11.0 Å². The molecule has 19 heavy (non-hydrogen) atoms. The normalized spacial score (nSPS) is 17.3. The Morgan fingerprint density at radius 3 is 2.74 bits per heavy atom. The molecule has 1 aromatic rings. The van der Waals surface area contributed by atoms with Gasteiger partial charge in [-0.1, -0.05) is 12.1 Å². The molecule has 0 amide bonds. The van der Waals surface area contributed by atoms with Crippen molar-refractivity contribution in [3.8, 4) is 6.07 Å². The van der Waals surface area contributed by atoms with Crippen LogP contribution in [-0.4, -0.2) is 24.5 Å². The largest absolute Gasteiger partial charge is 0.330 e. The maximum absolute atomic E-state index is 14.0. The smallest absolute Gasteiger partial charge is 0.145 e. The Balaban J connectivity index is 1.94. The van der Waals surface area contributed by atoms with Crippen LogP contribution < -0.4 is 5.73 Å². The monoisotopic (exact) mass is 261 g/mol. The van der Waals surface area contributed by atoms with Crippen LogP contribution in [-0.2, 0) is 6.54 Å². The molecule has 3 nitrogen and oxygen atoms in total. The number of nitrogens with zero attached hydrogens (tertiary/aromatic N) is 2. The highest BCUT2D eigenvalue weighted by Crippen LogP contribution is 2.22. The van der Waals surface area contributed by atoms with Gasteiger partial charge in [0.2, 0.25) is 0 Å². The number of hydrogen-bond donors (Lipinski definition) is 1. The third-order valence-electron chi connectivity index (χ3n) is 3.88. The lowest BCUT2D eigenvalue weighted by Crippen LogP contribution is -2.34. The van der Waals surface area contributed by atoms with E-state index in [2.05, 4.69) is 4.90 Å². The maximum Gasteiger partial charge on any atom is 0.145 e. The van der Waals surface area contributed by atoms with Gasteiger partial charge in [0.25, 0.3) is 0 Å². The molecular formula is C15H20FN3. The molecule has 0 unspecified atom stereocenters. The van der Waals surface area contributed by atoms with Crippen LogP contribution in [0.3, 0.4) is 0 Å². The highest BCUT2D eigenvalue weighted by molar-refractivity contribution is 5.34. The SMILES string of the molecule is N#Cc1cccc(CN2CCC(CCN)CC2)c1F. The molecule has 4 heteroatoms. The molecule has 1 saturated heterocycles. The quantitative estimate of drug-likeness (QED) is 0.904. The predicted molar refractivity (Wildman–Crippen MR) is 72.8 cm³/mol. The number of nitrogens with two attached hydrogens (primary N) is 1. The predicted octanol–water partition coefficient (Wildman–Crippen LogP) is 2.26. The van der Waals surface area contributed by atoms with Crippen molar-refractivity contribution in [1.82, 2.24) is 4.90 Å². The number of likely N-dealkylation sites (tertiary alicyclic amines) is 1. The van der Waals surface area contributed by atoms with E-state index in [1.165, 1.54) is 6.07 Å². The molecule has 2 N–H and O–H groups in total. The van der Waals surface area contributed by atoms with Crippen LogP contribution in [0.25, 0.3) is 0 Å². The summed E-state index contributed by atoms with van der Waals surface area (Å²) in [5.41, 5.74) is 6.33. The van der Waals surface area contributed by atoms with Crippen molar-refractivity contribution in [2.24, 2.45) is 11.7 Å². The minimum Gasteiger partial charge on any atom is -0.330 e. The first-order valence-electron chi connectivity index (χ1n) is 6.84. The van der Waals surface area contributed by atoms with Crippen molar-refractivity contribution in [2.75, 3.05) is 19.6 Å². The lowest BCUT2D eigenvalue weighted by molar-refractivity contribution is 0.172. The molecule has 1 aliphatic rings. The van der Waals surface area contributed by atoms with Gasteiger partial charge in [0.05, 0.1) is 5.56 Å². The van der Waals surface area contributed by atoms with Gasteiger partial charge in [0, 0.05) is 12.1 Å². The van der Waals surface area contributed by atoms with Crippen molar-refractivity contribution in [3.63, 3.8) is 0 Å². The number of nitriles is 1. The molecule has 0 aromatic heterocycles. The number of piperidine rings is 1. The number of hydrogen-bond acceptors (Lipinski definition) is 3. The standard InChI is InChI=1S/C15H20FN3/c16-15-13(10-18)2-1-3-14(15)11-19-8-5-12(4-7-17)6-9-19/h1-3,12H,4-9,11,17H2. The molecule has 1 aromatic carbocycles. The topological polar surface area (TPSA) is 53.0 Å². The van der Waals surface area contributed by atoms with Gasteiger partial charge in [-0.15, -0.1) is 0 Å².